The monoisotopic (exact) mass is 480 g/mol. The number of benzene rings is 1. The fraction of sp³-hybridized carbons (Fsp3) is 0.538. The van der Waals surface area contributed by atoms with Crippen molar-refractivity contribution in [3.05, 3.63) is 45.9 Å². The molecule has 2 aromatic rings. The summed E-state index contributed by atoms with van der Waals surface area (Å²) in [5, 5.41) is 5.79. The Kier molecular flexibility index (Phi) is 6.68. The average molecular weight is 481 g/mol. The first kappa shape index (κ1) is 23.0. The lowest BCUT2D eigenvalue weighted by Crippen LogP contribution is -2.44. The van der Waals surface area contributed by atoms with Crippen LogP contribution in [0.2, 0.25) is 0 Å². The van der Waals surface area contributed by atoms with Gasteiger partial charge in [-0.2, -0.15) is 0 Å². The minimum Gasteiger partial charge on any atom is -0.370 e. The molecule has 180 valence electrons. The van der Waals surface area contributed by atoms with Gasteiger partial charge in [0.05, 0.1) is 28.8 Å². The Morgan fingerprint density at radius 1 is 1.15 bits per heavy atom. The molecule has 0 bridgehead atoms. The molecule has 1 aromatic carbocycles. The smallest absolute Gasteiger partial charge is 0.264 e. The Bertz CT molecular complexity index is 1060. The Hall–Kier alpha value is -2.74. The van der Waals surface area contributed by atoms with E-state index < -0.39 is 6.04 Å². The maximum atomic E-state index is 13.5. The predicted molar refractivity (Wildman–Crippen MR) is 132 cm³/mol. The number of nitrogens with one attached hydrogen (secondary N) is 1. The predicted octanol–water partition coefficient (Wildman–Crippen LogP) is 4.41. The number of anilines is 1. The van der Waals surface area contributed by atoms with Gasteiger partial charge in [0, 0.05) is 31.2 Å². The number of carbonyl (C=O) groups is 3. The van der Waals surface area contributed by atoms with E-state index in [2.05, 4.69) is 15.2 Å². The summed E-state index contributed by atoms with van der Waals surface area (Å²) < 4.78 is 0. The summed E-state index contributed by atoms with van der Waals surface area (Å²) in [4.78, 5) is 47.4. The second kappa shape index (κ2) is 9.86. The first-order valence-corrected chi connectivity index (χ1v) is 13.4. The molecule has 7 nitrogen and oxygen atoms in total. The standard InChI is InChI=1S/C26H32N4O3S/c1-17(24-27-12-14-34-24)30-25(32)20-10-5-11-21(22(20)26(30)33)29-13-6-9-19(16-29)23(31)28-15-18-7-3-2-4-8-18/h5,10-12,14,17-19H,2-4,6-9,13,15-16H2,1H3,(H,28,31)/t17-,19+/m1/s1. The summed E-state index contributed by atoms with van der Waals surface area (Å²) in [7, 11) is 0. The third-order valence-electron chi connectivity index (χ3n) is 7.54. The van der Waals surface area contributed by atoms with Crippen LogP contribution in [0, 0.1) is 11.8 Å². The quantitative estimate of drug-likeness (QED) is 0.619. The topological polar surface area (TPSA) is 82.6 Å². The number of hydrogen-bond donors (Lipinski definition) is 1. The lowest BCUT2D eigenvalue weighted by molar-refractivity contribution is -0.125. The lowest BCUT2D eigenvalue weighted by Gasteiger charge is -2.35. The number of imide groups is 1. The van der Waals surface area contributed by atoms with Gasteiger partial charge in [0.2, 0.25) is 5.91 Å². The molecule has 8 heteroatoms. The molecule has 34 heavy (non-hydrogen) atoms. The summed E-state index contributed by atoms with van der Waals surface area (Å²) in [6.45, 7) is 3.95. The Morgan fingerprint density at radius 2 is 1.97 bits per heavy atom. The molecule has 1 saturated carbocycles. The molecule has 1 aromatic heterocycles. The van der Waals surface area contributed by atoms with Crippen LogP contribution in [0.3, 0.4) is 0 Å². The van der Waals surface area contributed by atoms with Gasteiger partial charge in [-0.15, -0.1) is 11.3 Å². The van der Waals surface area contributed by atoms with Crippen LogP contribution in [0.1, 0.15) is 83.6 Å². The molecular weight excluding hydrogens is 448 g/mol. The van der Waals surface area contributed by atoms with E-state index in [1.165, 1.54) is 48.3 Å². The second-order valence-electron chi connectivity index (χ2n) is 9.76. The molecule has 1 aliphatic carbocycles. The molecule has 2 atom stereocenters. The van der Waals surface area contributed by atoms with E-state index in [9.17, 15) is 14.4 Å². The zero-order valence-electron chi connectivity index (χ0n) is 19.7. The van der Waals surface area contributed by atoms with Gasteiger partial charge in [-0.05, 0) is 50.7 Å². The minimum atomic E-state index is -0.417. The van der Waals surface area contributed by atoms with Crippen LogP contribution in [-0.2, 0) is 4.79 Å². The Balaban J connectivity index is 1.31. The van der Waals surface area contributed by atoms with E-state index in [-0.39, 0.29) is 23.6 Å². The van der Waals surface area contributed by atoms with Crippen molar-refractivity contribution < 1.29 is 14.4 Å². The van der Waals surface area contributed by atoms with Crippen molar-refractivity contribution in [1.82, 2.24) is 15.2 Å². The first-order valence-electron chi connectivity index (χ1n) is 12.5. The summed E-state index contributed by atoms with van der Waals surface area (Å²) in [6.07, 6.45) is 9.68. The number of piperidine rings is 1. The van der Waals surface area contributed by atoms with Crippen molar-refractivity contribution in [2.24, 2.45) is 11.8 Å². The van der Waals surface area contributed by atoms with Gasteiger partial charge in [-0.3, -0.25) is 19.3 Å². The summed E-state index contributed by atoms with van der Waals surface area (Å²) in [5.74, 6) is 0.0600. The molecule has 5 rings (SSSR count). The van der Waals surface area contributed by atoms with Gasteiger partial charge < -0.3 is 10.2 Å². The Morgan fingerprint density at radius 3 is 2.74 bits per heavy atom. The van der Waals surface area contributed by atoms with E-state index in [0.717, 1.165) is 36.6 Å². The van der Waals surface area contributed by atoms with Crippen molar-refractivity contribution in [3.63, 3.8) is 0 Å². The molecule has 3 amide bonds. The molecule has 0 spiro atoms. The first-order chi connectivity index (χ1) is 16.5. The zero-order valence-corrected chi connectivity index (χ0v) is 20.5. The van der Waals surface area contributed by atoms with Gasteiger partial charge >= 0.3 is 0 Å². The highest BCUT2D eigenvalue weighted by atomic mass is 32.1. The third kappa shape index (κ3) is 4.35. The van der Waals surface area contributed by atoms with Crippen LogP contribution in [0.4, 0.5) is 5.69 Å². The van der Waals surface area contributed by atoms with E-state index in [1.54, 1.807) is 12.3 Å². The van der Waals surface area contributed by atoms with Crippen LogP contribution < -0.4 is 10.2 Å². The molecule has 1 N–H and O–H groups in total. The summed E-state index contributed by atoms with van der Waals surface area (Å²) >= 11 is 1.44. The van der Waals surface area contributed by atoms with Crippen LogP contribution in [0.15, 0.2) is 29.8 Å². The lowest BCUT2D eigenvalue weighted by atomic mass is 9.89. The zero-order chi connectivity index (χ0) is 23.7. The summed E-state index contributed by atoms with van der Waals surface area (Å²) in [6, 6.07) is 5.05. The number of thiazole rings is 1. The number of amides is 3. The SMILES string of the molecule is C[C@H](c1nccs1)N1C(=O)c2cccc(N3CCC[C@H](C(=O)NCC4CCCCC4)C3)c2C1=O. The third-order valence-corrected chi connectivity index (χ3v) is 8.49. The minimum absolute atomic E-state index is 0.106. The maximum absolute atomic E-state index is 13.5. The van der Waals surface area contributed by atoms with Crippen molar-refractivity contribution in [2.45, 2.75) is 57.9 Å². The number of aromatic nitrogens is 1. The van der Waals surface area contributed by atoms with Crippen molar-refractivity contribution in [3.8, 4) is 0 Å². The van der Waals surface area contributed by atoms with Crippen LogP contribution in [0.25, 0.3) is 0 Å². The normalized spacial score (nSPS) is 22.1. The molecule has 0 radical (unpaired) electrons. The van der Waals surface area contributed by atoms with Gasteiger partial charge in [0.1, 0.15) is 5.01 Å². The number of fused-ring (bicyclic) bond motifs is 1. The molecule has 3 aliphatic rings. The fourth-order valence-corrected chi connectivity index (χ4v) is 6.33. The van der Waals surface area contributed by atoms with Gasteiger partial charge in [0.25, 0.3) is 11.8 Å². The van der Waals surface area contributed by atoms with E-state index in [1.807, 2.05) is 24.4 Å². The van der Waals surface area contributed by atoms with E-state index >= 15 is 0 Å². The second-order valence-corrected chi connectivity index (χ2v) is 10.7. The van der Waals surface area contributed by atoms with Crippen molar-refractivity contribution >= 4 is 34.7 Å². The molecule has 0 unspecified atom stereocenters. The van der Waals surface area contributed by atoms with Crippen LogP contribution >= 0.6 is 11.3 Å². The number of nitrogens with zero attached hydrogens (tertiary/aromatic N) is 3. The number of carbonyl (C=O) groups excluding carboxylic acids is 3. The van der Waals surface area contributed by atoms with Crippen molar-refractivity contribution in [2.75, 3.05) is 24.5 Å². The molecule has 1 saturated heterocycles. The van der Waals surface area contributed by atoms with E-state index in [4.69, 9.17) is 0 Å². The largest absolute Gasteiger partial charge is 0.370 e. The number of hydrogen-bond acceptors (Lipinski definition) is 6. The Labute approximate surface area is 204 Å². The molecule has 3 heterocycles. The van der Waals surface area contributed by atoms with Gasteiger partial charge in [-0.25, -0.2) is 4.98 Å². The maximum Gasteiger partial charge on any atom is 0.264 e. The van der Waals surface area contributed by atoms with Crippen molar-refractivity contribution in [1.29, 1.82) is 0 Å². The fourth-order valence-electron chi connectivity index (χ4n) is 5.64. The van der Waals surface area contributed by atoms with E-state index in [0.29, 0.717) is 23.6 Å². The van der Waals surface area contributed by atoms with Crippen LogP contribution in [-0.4, -0.2) is 47.2 Å². The van der Waals surface area contributed by atoms with Gasteiger partial charge in [0.15, 0.2) is 0 Å². The highest BCUT2D eigenvalue weighted by Gasteiger charge is 2.42. The summed E-state index contributed by atoms with van der Waals surface area (Å²) in [5.41, 5.74) is 1.66. The molecule has 2 fully saturated rings. The average Bonchev–Trinajstić information content (AvgIpc) is 3.50. The number of rotatable bonds is 6. The molecular formula is C26H32N4O3S. The molecule has 2 aliphatic heterocycles. The van der Waals surface area contributed by atoms with Crippen LogP contribution in [0.5, 0.6) is 0 Å². The highest BCUT2D eigenvalue weighted by molar-refractivity contribution is 7.09. The van der Waals surface area contributed by atoms with Gasteiger partial charge in [-0.1, -0.05) is 25.3 Å². The highest BCUT2D eigenvalue weighted by Crippen LogP contribution is 2.38.